The Bertz CT molecular complexity index is 553. The zero-order valence-electron chi connectivity index (χ0n) is 15.7. The minimum absolute atomic E-state index is 0.179. The number of esters is 1. The molecule has 1 unspecified atom stereocenters. The summed E-state index contributed by atoms with van der Waals surface area (Å²) >= 11 is 0. The fraction of sp³-hybridized carbons (Fsp3) is 0.650. The van der Waals surface area contributed by atoms with E-state index in [0.717, 1.165) is 41.5 Å². The van der Waals surface area contributed by atoms with E-state index in [1.165, 1.54) is 0 Å². The van der Waals surface area contributed by atoms with Gasteiger partial charge in [-0.2, -0.15) is 0 Å². The van der Waals surface area contributed by atoms with E-state index >= 15 is 0 Å². The van der Waals surface area contributed by atoms with Gasteiger partial charge in [0.05, 0.1) is 12.5 Å². The quantitative estimate of drug-likeness (QED) is 0.583. The summed E-state index contributed by atoms with van der Waals surface area (Å²) in [5, 5.41) is 10.4. The van der Waals surface area contributed by atoms with Gasteiger partial charge < -0.3 is 9.84 Å². The number of benzene rings is 1. The molecule has 0 aliphatic rings. The van der Waals surface area contributed by atoms with Crippen LogP contribution < -0.4 is 0 Å². The van der Waals surface area contributed by atoms with Gasteiger partial charge in [-0.25, -0.2) is 0 Å². The smallest absolute Gasteiger partial charge is 0.313 e. The van der Waals surface area contributed by atoms with Gasteiger partial charge in [-0.3, -0.25) is 4.79 Å². The van der Waals surface area contributed by atoms with Crippen molar-refractivity contribution in [1.82, 2.24) is 0 Å². The third-order valence-corrected chi connectivity index (χ3v) is 4.53. The highest BCUT2D eigenvalue weighted by Gasteiger charge is 2.26. The average molecular weight is 320 g/mol. The number of carbonyl (C=O) groups excluding carboxylic acids is 1. The van der Waals surface area contributed by atoms with E-state index in [0.29, 0.717) is 12.4 Å². The molecule has 1 N–H and O–H groups in total. The van der Waals surface area contributed by atoms with Gasteiger partial charge in [-0.1, -0.05) is 46.6 Å². The number of phenols is 1. The van der Waals surface area contributed by atoms with Gasteiger partial charge in [0.25, 0.3) is 0 Å². The molecule has 1 rings (SSSR count). The van der Waals surface area contributed by atoms with Crippen LogP contribution in [0.5, 0.6) is 5.75 Å². The summed E-state index contributed by atoms with van der Waals surface area (Å²) in [5.74, 6) is -0.173. The highest BCUT2D eigenvalue weighted by molar-refractivity contribution is 5.79. The predicted molar refractivity (Wildman–Crippen MR) is 95.2 cm³/mol. The second-order valence-corrected chi connectivity index (χ2v) is 7.46. The van der Waals surface area contributed by atoms with Crippen molar-refractivity contribution in [3.8, 4) is 5.75 Å². The van der Waals surface area contributed by atoms with Crippen LogP contribution in [-0.4, -0.2) is 17.7 Å². The van der Waals surface area contributed by atoms with Crippen LogP contribution in [0.2, 0.25) is 0 Å². The zero-order chi connectivity index (χ0) is 17.8. The number of aromatic hydroxyl groups is 1. The molecule has 0 heterocycles. The molecule has 3 heteroatoms. The lowest BCUT2D eigenvalue weighted by Gasteiger charge is -2.25. The molecule has 0 aliphatic carbocycles. The van der Waals surface area contributed by atoms with Gasteiger partial charge in [0.2, 0.25) is 0 Å². The van der Waals surface area contributed by atoms with Crippen molar-refractivity contribution >= 4 is 5.97 Å². The first-order chi connectivity index (χ1) is 10.6. The Morgan fingerprint density at radius 2 is 1.83 bits per heavy atom. The van der Waals surface area contributed by atoms with E-state index in [-0.39, 0.29) is 17.3 Å². The highest BCUT2D eigenvalue weighted by Crippen LogP contribution is 2.38. The first-order valence-electron chi connectivity index (χ1n) is 8.61. The molecule has 0 saturated carbocycles. The lowest BCUT2D eigenvalue weighted by Crippen LogP contribution is -2.18. The molecule has 3 nitrogen and oxygen atoms in total. The Hall–Kier alpha value is -1.51. The van der Waals surface area contributed by atoms with Gasteiger partial charge >= 0.3 is 5.97 Å². The van der Waals surface area contributed by atoms with Crippen molar-refractivity contribution in [2.75, 3.05) is 6.61 Å². The van der Waals surface area contributed by atoms with Gasteiger partial charge in [-0.05, 0) is 54.9 Å². The molecule has 1 aromatic rings. The molecule has 0 saturated heterocycles. The molecule has 0 amide bonds. The van der Waals surface area contributed by atoms with Crippen LogP contribution in [0, 0.1) is 13.8 Å². The summed E-state index contributed by atoms with van der Waals surface area (Å²) in [6, 6.07) is 1.97. The maximum Gasteiger partial charge on any atom is 0.313 e. The maximum absolute atomic E-state index is 12.3. The van der Waals surface area contributed by atoms with E-state index < -0.39 is 0 Å². The molecule has 1 atom stereocenters. The van der Waals surface area contributed by atoms with Gasteiger partial charge in [0, 0.05) is 0 Å². The van der Waals surface area contributed by atoms with Crippen molar-refractivity contribution in [2.45, 2.75) is 79.1 Å². The second kappa shape index (κ2) is 7.85. The molecule has 0 spiro atoms. The van der Waals surface area contributed by atoms with Crippen molar-refractivity contribution in [3.63, 3.8) is 0 Å². The van der Waals surface area contributed by atoms with Crippen molar-refractivity contribution in [1.29, 1.82) is 0 Å². The first kappa shape index (κ1) is 19.5. The molecule has 0 aliphatic heterocycles. The SMILES string of the molecule is CCCCCOC(=O)C(C)c1cc(C(C)(C)C)c(O)c(C)c1C. The normalized spacial score (nSPS) is 13.0. The minimum atomic E-state index is -0.322. The van der Waals surface area contributed by atoms with Crippen molar-refractivity contribution in [2.24, 2.45) is 0 Å². The minimum Gasteiger partial charge on any atom is -0.507 e. The fourth-order valence-electron chi connectivity index (χ4n) is 2.73. The Balaban J connectivity index is 3.07. The highest BCUT2D eigenvalue weighted by atomic mass is 16.5. The third-order valence-electron chi connectivity index (χ3n) is 4.53. The molecule has 23 heavy (non-hydrogen) atoms. The summed E-state index contributed by atoms with van der Waals surface area (Å²) < 4.78 is 5.41. The van der Waals surface area contributed by atoms with Crippen LogP contribution in [-0.2, 0) is 14.9 Å². The summed E-state index contributed by atoms with van der Waals surface area (Å²) in [7, 11) is 0. The Morgan fingerprint density at radius 1 is 1.22 bits per heavy atom. The third kappa shape index (κ3) is 4.73. The topological polar surface area (TPSA) is 46.5 Å². The van der Waals surface area contributed by atoms with E-state index in [2.05, 4.69) is 27.7 Å². The number of carbonyl (C=O) groups is 1. The van der Waals surface area contributed by atoms with Crippen LogP contribution in [0.3, 0.4) is 0 Å². The maximum atomic E-state index is 12.3. The predicted octanol–water partition coefficient (Wildman–Crippen LogP) is 5.14. The molecule has 0 radical (unpaired) electrons. The standard InChI is InChI=1S/C20H32O3/c1-8-9-10-11-23-19(22)15(4)16-12-17(20(5,6)7)18(21)14(3)13(16)2/h12,15,21H,8-11H2,1-7H3. The summed E-state index contributed by atoms with van der Waals surface area (Å²) in [5.41, 5.74) is 3.46. The van der Waals surface area contributed by atoms with E-state index in [1.54, 1.807) is 0 Å². The number of rotatable bonds is 6. The van der Waals surface area contributed by atoms with Gasteiger partial charge in [0.1, 0.15) is 5.75 Å². The van der Waals surface area contributed by atoms with Gasteiger partial charge in [-0.15, -0.1) is 0 Å². The van der Waals surface area contributed by atoms with E-state index in [4.69, 9.17) is 4.74 Å². The number of hydrogen-bond donors (Lipinski definition) is 1. The van der Waals surface area contributed by atoms with Crippen LogP contribution in [0.4, 0.5) is 0 Å². The van der Waals surface area contributed by atoms with Crippen LogP contribution in [0.25, 0.3) is 0 Å². The van der Waals surface area contributed by atoms with Crippen LogP contribution in [0.15, 0.2) is 6.07 Å². The summed E-state index contributed by atoms with van der Waals surface area (Å²) in [4.78, 5) is 12.3. The van der Waals surface area contributed by atoms with Gasteiger partial charge in [0.15, 0.2) is 0 Å². The molecule has 0 fully saturated rings. The molecule has 130 valence electrons. The van der Waals surface area contributed by atoms with E-state index in [1.807, 2.05) is 26.8 Å². The molecule has 0 bridgehead atoms. The molecular formula is C20H32O3. The van der Waals surface area contributed by atoms with Crippen LogP contribution in [0.1, 0.15) is 82.1 Å². The lowest BCUT2D eigenvalue weighted by molar-refractivity contribution is -0.145. The lowest BCUT2D eigenvalue weighted by atomic mass is 9.80. The monoisotopic (exact) mass is 320 g/mol. The number of unbranched alkanes of at least 4 members (excludes halogenated alkanes) is 2. The summed E-state index contributed by atoms with van der Waals surface area (Å²) in [6.45, 7) is 14.5. The molecule has 0 aromatic heterocycles. The zero-order valence-corrected chi connectivity index (χ0v) is 15.7. The van der Waals surface area contributed by atoms with Crippen molar-refractivity contribution in [3.05, 3.63) is 28.3 Å². The largest absolute Gasteiger partial charge is 0.507 e. The molecule has 1 aromatic carbocycles. The number of phenolic OH excluding ortho intramolecular Hbond substituents is 1. The fourth-order valence-corrected chi connectivity index (χ4v) is 2.73. The van der Waals surface area contributed by atoms with E-state index in [9.17, 15) is 9.90 Å². The Kier molecular flexibility index (Phi) is 6.67. The second-order valence-electron chi connectivity index (χ2n) is 7.46. The first-order valence-corrected chi connectivity index (χ1v) is 8.61. The molecular weight excluding hydrogens is 288 g/mol. The number of hydrogen-bond acceptors (Lipinski definition) is 3. The summed E-state index contributed by atoms with van der Waals surface area (Å²) in [6.07, 6.45) is 3.10. The van der Waals surface area contributed by atoms with Crippen molar-refractivity contribution < 1.29 is 14.6 Å². The number of ether oxygens (including phenoxy) is 1. The van der Waals surface area contributed by atoms with Crippen LogP contribution >= 0.6 is 0 Å². The Morgan fingerprint density at radius 3 is 2.35 bits per heavy atom. The Labute approximate surface area is 141 Å². The average Bonchev–Trinajstić information content (AvgIpc) is 2.47.